The first-order valence-electron chi connectivity index (χ1n) is 11.2. The van der Waals surface area contributed by atoms with Crippen LogP contribution in [-0.4, -0.2) is 31.6 Å². The van der Waals surface area contributed by atoms with Crippen LogP contribution in [0.25, 0.3) is 11.3 Å². The minimum Gasteiger partial charge on any atom is -0.487 e. The number of amides is 1. The van der Waals surface area contributed by atoms with Crippen LogP contribution >= 0.6 is 0 Å². The number of aromatic nitrogens is 4. The molecule has 7 nitrogen and oxygen atoms in total. The van der Waals surface area contributed by atoms with Crippen LogP contribution in [0.2, 0.25) is 0 Å². The summed E-state index contributed by atoms with van der Waals surface area (Å²) >= 11 is 0. The average Bonchev–Trinajstić information content (AvgIpc) is 3.54. The Morgan fingerprint density at radius 1 is 1.00 bits per heavy atom. The Hall–Kier alpha value is -4.39. The van der Waals surface area contributed by atoms with Gasteiger partial charge < -0.3 is 14.5 Å². The Morgan fingerprint density at radius 2 is 1.82 bits per heavy atom. The quantitative estimate of drug-likeness (QED) is 0.380. The predicted octanol–water partition coefficient (Wildman–Crippen LogP) is 4.38. The van der Waals surface area contributed by atoms with E-state index in [4.69, 9.17) is 4.74 Å². The monoisotopic (exact) mass is 451 g/mol. The van der Waals surface area contributed by atoms with E-state index in [0.29, 0.717) is 24.5 Å². The highest BCUT2D eigenvalue weighted by Gasteiger charge is 2.07. The summed E-state index contributed by atoms with van der Waals surface area (Å²) < 4.78 is 9.67. The molecule has 0 fully saturated rings. The number of fused-ring (bicyclic) bond motifs is 1. The Bertz CT molecular complexity index is 1390. The first-order chi connectivity index (χ1) is 16.7. The second kappa shape index (κ2) is 9.62. The molecule has 2 aromatic carbocycles. The van der Waals surface area contributed by atoms with Gasteiger partial charge in [0.05, 0.1) is 11.4 Å². The van der Waals surface area contributed by atoms with Gasteiger partial charge in [-0.1, -0.05) is 18.2 Å². The molecule has 0 aliphatic rings. The molecule has 0 aliphatic heterocycles. The standard InChI is InChI=1S/C27H25N5O2/c1-20-4-2-16-31-18-23(30-26(20)31)19-34-25-11-7-22(8-12-25)27(33)28-15-13-21-5-9-24(10-6-21)32-17-3-14-29-32/h2-12,14,16-18H,13,15,19H2,1H3,(H,28,33). The van der Waals surface area contributed by atoms with Crippen molar-refractivity contribution >= 4 is 11.6 Å². The molecule has 0 spiro atoms. The normalized spacial score (nSPS) is 11.0. The van der Waals surface area contributed by atoms with Crippen molar-refractivity contribution < 1.29 is 9.53 Å². The molecule has 5 rings (SSSR count). The number of carbonyl (C=O) groups excluding carboxylic acids is 1. The summed E-state index contributed by atoms with van der Waals surface area (Å²) in [5.74, 6) is 0.595. The van der Waals surface area contributed by atoms with E-state index in [2.05, 4.69) is 27.5 Å². The Kier molecular flexibility index (Phi) is 6.07. The van der Waals surface area contributed by atoms with Crippen LogP contribution < -0.4 is 10.1 Å². The smallest absolute Gasteiger partial charge is 0.251 e. The number of nitrogens with zero attached hydrogens (tertiary/aromatic N) is 4. The maximum absolute atomic E-state index is 12.5. The fourth-order valence-corrected chi connectivity index (χ4v) is 3.79. The van der Waals surface area contributed by atoms with Gasteiger partial charge in [0, 0.05) is 36.9 Å². The highest BCUT2D eigenvalue weighted by molar-refractivity contribution is 5.94. The van der Waals surface area contributed by atoms with Gasteiger partial charge in [-0.3, -0.25) is 4.79 Å². The minimum absolute atomic E-state index is 0.101. The van der Waals surface area contributed by atoms with Gasteiger partial charge >= 0.3 is 0 Å². The van der Waals surface area contributed by atoms with Crippen LogP contribution in [0, 0.1) is 6.92 Å². The van der Waals surface area contributed by atoms with Crippen molar-refractivity contribution in [3.8, 4) is 11.4 Å². The lowest BCUT2D eigenvalue weighted by molar-refractivity contribution is 0.0954. The molecule has 3 aromatic heterocycles. The molecule has 1 N–H and O–H groups in total. The van der Waals surface area contributed by atoms with Gasteiger partial charge in [0.1, 0.15) is 18.0 Å². The third-order valence-electron chi connectivity index (χ3n) is 5.64. The van der Waals surface area contributed by atoms with Crippen LogP contribution in [-0.2, 0) is 13.0 Å². The third kappa shape index (κ3) is 4.83. The molecular formula is C27H25N5O2. The lowest BCUT2D eigenvalue weighted by atomic mass is 10.1. The molecule has 170 valence electrons. The number of pyridine rings is 1. The van der Waals surface area contributed by atoms with Crippen LogP contribution in [0.5, 0.6) is 5.75 Å². The van der Waals surface area contributed by atoms with Crippen molar-refractivity contribution in [2.24, 2.45) is 0 Å². The Balaban J connectivity index is 1.10. The van der Waals surface area contributed by atoms with E-state index >= 15 is 0 Å². The van der Waals surface area contributed by atoms with Gasteiger partial charge in [0.15, 0.2) is 0 Å². The number of benzene rings is 2. The molecule has 0 radical (unpaired) electrons. The molecule has 0 saturated heterocycles. The SMILES string of the molecule is Cc1cccn2cc(COc3ccc(C(=O)NCCc4ccc(-n5cccn5)cc4)cc3)nc12. The van der Waals surface area contributed by atoms with Crippen LogP contribution in [0.1, 0.15) is 27.2 Å². The Morgan fingerprint density at radius 3 is 2.56 bits per heavy atom. The number of hydrogen-bond donors (Lipinski definition) is 1. The topological polar surface area (TPSA) is 73.5 Å². The summed E-state index contributed by atoms with van der Waals surface area (Å²) in [6.45, 7) is 2.96. The summed E-state index contributed by atoms with van der Waals surface area (Å²) in [5, 5.41) is 7.20. The molecule has 0 atom stereocenters. The molecule has 0 unspecified atom stereocenters. The van der Waals surface area contributed by atoms with Crippen molar-refractivity contribution in [1.82, 2.24) is 24.5 Å². The number of ether oxygens (including phenoxy) is 1. The lowest BCUT2D eigenvalue weighted by Gasteiger charge is -2.08. The number of hydrogen-bond acceptors (Lipinski definition) is 4. The van der Waals surface area contributed by atoms with Crippen LogP contribution in [0.4, 0.5) is 0 Å². The molecule has 0 aliphatic carbocycles. The number of rotatable bonds is 8. The second-order valence-corrected chi connectivity index (χ2v) is 8.09. The van der Waals surface area contributed by atoms with Gasteiger partial charge in [-0.05, 0) is 73.0 Å². The van der Waals surface area contributed by atoms with Gasteiger partial charge in [-0.25, -0.2) is 9.67 Å². The molecule has 5 aromatic rings. The molecular weight excluding hydrogens is 426 g/mol. The van der Waals surface area contributed by atoms with Crippen molar-refractivity contribution in [3.05, 3.63) is 114 Å². The largest absolute Gasteiger partial charge is 0.487 e. The zero-order valence-corrected chi connectivity index (χ0v) is 18.9. The maximum atomic E-state index is 12.5. The van der Waals surface area contributed by atoms with Crippen molar-refractivity contribution in [1.29, 1.82) is 0 Å². The van der Waals surface area contributed by atoms with Crippen LogP contribution in [0.15, 0.2) is 91.5 Å². The summed E-state index contributed by atoms with van der Waals surface area (Å²) in [6, 6.07) is 21.3. The fourth-order valence-electron chi connectivity index (χ4n) is 3.79. The van der Waals surface area contributed by atoms with Gasteiger partial charge in [-0.15, -0.1) is 0 Å². The highest BCUT2D eigenvalue weighted by Crippen LogP contribution is 2.16. The zero-order valence-electron chi connectivity index (χ0n) is 18.9. The van der Waals surface area contributed by atoms with E-state index in [1.807, 2.05) is 77.1 Å². The molecule has 1 amide bonds. The number of imidazole rings is 1. The van der Waals surface area contributed by atoms with E-state index in [9.17, 15) is 4.79 Å². The van der Waals surface area contributed by atoms with E-state index in [0.717, 1.165) is 34.6 Å². The van der Waals surface area contributed by atoms with Crippen molar-refractivity contribution in [2.75, 3.05) is 6.54 Å². The van der Waals surface area contributed by atoms with Gasteiger partial charge in [0.25, 0.3) is 5.91 Å². The predicted molar refractivity (Wildman–Crippen MR) is 130 cm³/mol. The highest BCUT2D eigenvalue weighted by atomic mass is 16.5. The second-order valence-electron chi connectivity index (χ2n) is 8.09. The summed E-state index contributed by atoms with van der Waals surface area (Å²) in [4.78, 5) is 17.1. The first-order valence-corrected chi connectivity index (χ1v) is 11.2. The van der Waals surface area contributed by atoms with E-state index in [-0.39, 0.29) is 5.91 Å². The maximum Gasteiger partial charge on any atom is 0.251 e. The average molecular weight is 452 g/mol. The molecule has 7 heteroatoms. The molecule has 0 saturated carbocycles. The third-order valence-corrected chi connectivity index (χ3v) is 5.64. The van der Waals surface area contributed by atoms with Crippen molar-refractivity contribution in [2.45, 2.75) is 20.0 Å². The van der Waals surface area contributed by atoms with E-state index < -0.39 is 0 Å². The lowest BCUT2D eigenvalue weighted by Crippen LogP contribution is -2.25. The fraction of sp³-hybridized carbons (Fsp3) is 0.148. The summed E-state index contributed by atoms with van der Waals surface area (Å²) in [5.41, 5.74) is 5.68. The first kappa shape index (κ1) is 21.5. The van der Waals surface area contributed by atoms with Crippen molar-refractivity contribution in [3.63, 3.8) is 0 Å². The summed E-state index contributed by atoms with van der Waals surface area (Å²) in [6.07, 6.45) is 8.36. The zero-order chi connectivity index (χ0) is 23.3. The number of carbonyl (C=O) groups is 1. The van der Waals surface area contributed by atoms with E-state index in [1.54, 1.807) is 18.3 Å². The van der Waals surface area contributed by atoms with E-state index in [1.165, 1.54) is 0 Å². The minimum atomic E-state index is -0.101. The molecule has 34 heavy (non-hydrogen) atoms. The molecule has 3 heterocycles. The summed E-state index contributed by atoms with van der Waals surface area (Å²) in [7, 11) is 0. The van der Waals surface area contributed by atoms with Gasteiger partial charge in [0.2, 0.25) is 0 Å². The number of nitrogens with one attached hydrogen (secondary N) is 1. The van der Waals surface area contributed by atoms with Gasteiger partial charge in [-0.2, -0.15) is 5.10 Å². The number of aryl methyl sites for hydroxylation is 1. The Labute approximate surface area is 197 Å². The molecule has 0 bridgehead atoms. The van der Waals surface area contributed by atoms with Crippen LogP contribution in [0.3, 0.4) is 0 Å².